The molecule has 0 heterocycles. The monoisotopic (exact) mass is 238 g/mol. The summed E-state index contributed by atoms with van der Waals surface area (Å²) in [6, 6.07) is 4.67. The Morgan fingerprint density at radius 1 is 1.29 bits per heavy atom. The molecule has 2 nitrogen and oxygen atoms in total. The first kappa shape index (κ1) is 12.4. The number of rotatable bonds is 3. The van der Waals surface area contributed by atoms with Gasteiger partial charge in [-0.1, -0.05) is 19.3 Å². The van der Waals surface area contributed by atoms with Crippen LogP contribution in [0.2, 0.25) is 0 Å². The van der Waals surface area contributed by atoms with E-state index in [1.807, 2.05) is 0 Å². The van der Waals surface area contributed by atoms with Gasteiger partial charge in [0.05, 0.1) is 13.2 Å². The molecule has 94 valence electrons. The molecule has 0 amide bonds. The van der Waals surface area contributed by atoms with Gasteiger partial charge < -0.3 is 9.84 Å². The maximum atomic E-state index is 13.8. The van der Waals surface area contributed by atoms with Crippen LogP contribution in [0.1, 0.15) is 43.8 Å². The van der Waals surface area contributed by atoms with Crippen LogP contribution in [0.4, 0.5) is 4.39 Å². The van der Waals surface area contributed by atoms with E-state index >= 15 is 0 Å². The fourth-order valence-corrected chi connectivity index (χ4v) is 2.58. The Kier molecular flexibility index (Phi) is 4.00. The molecule has 1 aromatic carbocycles. The molecule has 0 spiro atoms. The number of ether oxygens (including phenoxy) is 1. The van der Waals surface area contributed by atoms with E-state index in [0.29, 0.717) is 11.3 Å². The summed E-state index contributed by atoms with van der Waals surface area (Å²) < 4.78 is 18.8. The molecule has 0 aliphatic heterocycles. The summed E-state index contributed by atoms with van der Waals surface area (Å²) in [6.07, 6.45) is 4.81. The van der Waals surface area contributed by atoms with Crippen molar-refractivity contribution < 1.29 is 14.2 Å². The summed E-state index contributed by atoms with van der Waals surface area (Å²) in [5, 5.41) is 10.2. The van der Waals surface area contributed by atoms with Gasteiger partial charge in [-0.3, -0.25) is 0 Å². The average molecular weight is 238 g/mol. The highest BCUT2D eigenvalue weighted by Crippen LogP contribution is 2.35. The molecule has 3 heteroatoms. The van der Waals surface area contributed by atoms with Crippen molar-refractivity contribution in [3.8, 4) is 5.75 Å². The third kappa shape index (κ3) is 2.78. The van der Waals surface area contributed by atoms with Crippen molar-refractivity contribution in [2.75, 3.05) is 7.11 Å². The van der Waals surface area contributed by atoms with Crippen LogP contribution in [-0.2, 0) is 0 Å². The fourth-order valence-electron chi connectivity index (χ4n) is 2.58. The lowest BCUT2D eigenvalue weighted by molar-refractivity contribution is 0.0815. The summed E-state index contributed by atoms with van der Waals surface area (Å²) >= 11 is 0. The first-order valence-electron chi connectivity index (χ1n) is 6.24. The third-order valence-electron chi connectivity index (χ3n) is 3.62. The third-order valence-corrected chi connectivity index (χ3v) is 3.62. The Morgan fingerprint density at radius 2 is 2.00 bits per heavy atom. The van der Waals surface area contributed by atoms with E-state index in [2.05, 4.69) is 0 Å². The van der Waals surface area contributed by atoms with E-state index in [1.165, 1.54) is 19.6 Å². The summed E-state index contributed by atoms with van der Waals surface area (Å²) in [4.78, 5) is 0. The Morgan fingerprint density at radius 3 is 2.59 bits per heavy atom. The van der Waals surface area contributed by atoms with Gasteiger partial charge in [0, 0.05) is 11.6 Å². The van der Waals surface area contributed by atoms with Gasteiger partial charge in [0.25, 0.3) is 0 Å². The van der Waals surface area contributed by atoms with Crippen LogP contribution in [0.3, 0.4) is 0 Å². The van der Waals surface area contributed by atoms with Crippen molar-refractivity contribution in [1.29, 1.82) is 0 Å². The number of hydrogen-bond donors (Lipinski definition) is 1. The predicted octanol–water partition coefficient (Wildman–Crippen LogP) is 3.45. The highest BCUT2D eigenvalue weighted by atomic mass is 19.1. The van der Waals surface area contributed by atoms with Crippen LogP contribution in [0.15, 0.2) is 18.2 Å². The lowest BCUT2D eigenvalue weighted by Crippen LogP contribution is -2.17. The highest BCUT2D eigenvalue weighted by Gasteiger charge is 2.25. The molecule has 0 bridgehead atoms. The zero-order valence-corrected chi connectivity index (χ0v) is 10.2. The van der Waals surface area contributed by atoms with Gasteiger partial charge in [-0.25, -0.2) is 4.39 Å². The van der Waals surface area contributed by atoms with Crippen LogP contribution in [0.25, 0.3) is 0 Å². The molecular formula is C14H19FO2. The standard InChI is InChI=1S/C14H19FO2/c1-17-11-7-8-12(13(15)9-11)14(16)10-5-3-2-4-6-10/h7-10,14,16H,2-6H2,1H3. The normalized spacial score (nSPS) is 19.0. The van der Waals surface area contributed by atoms with Gasteiger partial charge in [-0.2, -0.15) is 0 Å². The Labute approximate surface area is 101 Å². The molecule has 17 heavy (non-hydrogen) atoms. The zero-order chi connectivity index (χ0) is 12.3. The van der Waals surface area contributed by atoms with Gasteiger partial charge in [0.1, 0.15) is 11.6 Å². The minimum absolute atomic E-state index is 0.201. The maximum Gasteiger partial charge on any atom is 0.132 e. The van der Waals surface area contributed by atoms with E-state index in [1.54, 1.807) is 12.1 Å². The van der Waals surface area contributed by atoms with E-state index in [0.717, 1.165) is 25.7 Å². The lowest BCUT2D eigenvalue weighted by atomic mass is 9.82. The molecule has 1 fully saturated rings. The summed E-state index contributed by atoms with van der Waals surface area (Å²) in [7, 11) is 1.51. The molecule has 0 radical (unpaired) electrons. The Bertz CT molecular complexity index is 372. The lowest BCUT2D eigenvalue weighted by Gasteiger charge is -2.27. The molecular weight excluding hydrogens is 219 g/mol. The molecule has 1 aliphatic carbocycles. The van der Waals surface area contributed by atoms with Gasteiger partial charge >= 0.3 is 0 Å². The van der Waals surface area contributed by atoms with Crippen LogP contribution < -0.4 is 4.74 Å². The molecule has 1 saturated carbocycles. The SMILES string of the molecule is COc1ccc(C(O)C2CCCCC2)c(F)c1. The molecule has 1 unspecified atom stereocenters. The van der Waals surface area contributed by atoms with Crippen molar-refractivity contribution in [3.63, 3.8) is 0 Å². The fraction of sp³-hybridized carbons (Fsp3) is 0.571. The minimum Gasteiger partial charge on any atom is -0.497 e. The summed E-state index contributed by atoms with van der Waals surface area (Å²) in [6.45, 7) is 0. The van der Waals surface area contributed by atoms with Crippen molar-refractivity contribution in [2.24, 2.45) is 5.92 Å². The number of hydrogen-bond acceptors (Lipinski definition) is 2. The van der Waals surface area contributed by atoms with Gasteiger partial charge in [-0.15, -0.1) is 0 Å². The highest BCUT2D eigenvalue weighted by molar-refractivity contribution is 5.30. The largest absolute Gasteiger partial charge is 0.497 e. The van der Waals surface area contributed by atoms with Gasteiger partial charge in [0.2, 0.25) is 0 Å². The van der Waals surface area contributed by atoms with Crippen LogP contribution >= 0.6 is 0 Å². The van der Waals surface area contributed by atoms with Gasteiger partial charge in [0.15, 0.2) is 0 Å². The maximum absolute atomic E-state index is 13.8. The zero-order valence-electron chi connectivity index (χ0n) is 10.2. The van der Waals surface area contributed by atoms with E-state index < -0.39 is 6.10 Å². The van der Waals surface area contributed by atoms with Crippen LogP contribution in [0, 0.1) is 11.7 Å². The Balaban J connectivity index is 2.15. The van der Waals surface area contributed by atoms with E-state index in [-0.39, 0.29) is 11.7 Å². The van der Waals surface area contributed by atoms with Crippen molar-refractivity contribution in [2.45, 2.75) is 38.2 Å². The van der Waals surface area contributed by atoms with Crippen LogP contribution in [-0.4, -0.2) is 12.2 Å². The smallest absolute Gasteiger partial charge is 0.132 e. The van der Waals surface area contributed by atoms with Crippen molar-refractivity contribution in [3.05, 3.63) is 29.6 Å². The predicted molar refractivity (Wildman–Crippen MR) is 64.5 cm³/mol. The molecule has 2 rings (SSSR count). The number of aliphatic hydroxyl groups excluding tert-OH is 1. The van der Waals surface area contributed by atoms with E-state index in [9.17, 15) is 9.50 Å². The molecule has 0 saturated heterocycles. The summed E-state index contributed by atoms with van der Waals surface area (Å²) in [5.74, 6) is 0.316. The average Bonchev–Trinajstić information content (AvgIpc) is 2.39. The molecule has 0 aromatic heterocycles. The second-order valence-electron chi connectivity index (χ2n) is 4.73. The molecule has 1 N–H and O–H groups in total. The number of aliphatic hydroxyl groups is 1. The number of benzene rings is 1. The summed E-state index contributed by atoms with van der Waals surface area (Å²) in [5.41, 5.74) is 0.401. The van der Waals surface area contributed by atoms with Crippen LogP contribution in [0.5, 0.6) is 5.75 Å². The van der Waals surface area contributed by atoms with Gasteiger partial charge in [-0.05, 0) is 30.9 Å². The molecule has 1 aliphatic rings. The second-order valence-corrected chi connectivity index (χ2v) is 4.73. The quantitative estimate of drug-likeness (QED) is 0.874. The molecule has 1 atom stereocenters. The first-order chi connectivity index (χ1) is 8.22. The van der Waals surface area contributed by atoms with E-state index in [4.69, 9.17) is 4.74 Å². The Hall–Kier alpha value is -1.09. The van der Waals surface area contributed by atoms with Crippen molar-refractivity contribution >= 4 is 0 Å². The van der Waals surface area contributed by atoms with Crippen molar-refractivity contribution in [1.82, 2.24) is 0 Å². The topological polar surface area (TPSA) is 29.5 Å². The molecule has 1 aromatic rings. The second kappa shape index (κ2) is 5.50. The number of halogens is 1. The number of methoxy groups -OCH3 is 1. The first-order valence-corrected chi connectivity index (χ1v) is 6.24. The minimum atomic E-state index is -0.679.